The average molecular weight is 269 g/mol. The first-order valence-corrected chi connectivity index (χ1v) is 6.04. The molecule has 0 radical (unpaired) electrons. The molecule has 0 aromatic carbocycles. The normalized spacial score (nSPS) is 19.6. The number of carboxylic acids is 1. The number of carboxylic acid groups (broad SMARTS) is 1. The van der Waals surface area contributed by atoms with Gasteiger partial charge in [0, 0.05) is 32.3 Å². The van der Waals surface area contributed by atoms with Gasteiger partial charge in [-0.25, -0.2) is 9.59 Å². The Morgan fingerprint density at radius 3 is 2.63 bits per heavy atom. The van der Waals surface area contributed by atoms with Crippen LogP contribution in [0.5, 0.6) is 0 Å². The second-order valence-electron chi connectivity index (χ2n) is 4.76. The van der Waals surface area contributed by atoms with Gasteiger partial charge in [-0.1, -0.05) is 0 Å². The van der Waals surface area contributed by atoms with Gasteiger partial charge in [-0.15, -0.1) is 0 Å². The van der Waals surface area contributed by atoms with Gasteiger partial charge in [-0.3, -0.25) is 10.1 Å². The van der Waals surface area contributed by atoms with Crippen molar-refractivity contribution in [2.45, 2.75) is 6.42 Å². The van der Waals surface area contributed by atoms with Crippen molar-refractivity contribution < 1.29 is 19.5 Å². The molecule has 1 fully saturated rings. The molecular weight excluding hydrogens is 250 g/mol. The molecule has 0 spiro atoms. The maximum absolute atomic E-state index is 11.7. The number of hydrogen-bond donors (Lipinski definition) is 2. The van der Waals surface area contributed by atoms with Crippen LogP contribution in [0.3, 0.4) is 0 Å². The van der Waals surface area contributed by atoms with Gasteiger partial charge in [0.1, 0.15) is 0 Å². The number of amides is 3. The van der Waals surface area contributed by atoms with Gasteiger partial charge in [0.15, 0.2) is 0 Å². The molecular formula is C12H19N3O4. The largest absolute Gasteiger partial charge is 0.478 e. The fraction of sp³-hybridized carbons (Fsp3) is 0.583. The van der Waals surface area contributed by atoms with Gasteiger partial charge >= 0.3 is 12.0 Å². The first-order valence-electron chi connectivity index (χ1n) is 6.04. The van der Waals surface area contributed by atoms with Crippen molar-refractivity contribution >= 4 is 17.9 Å². The summed E-state index contributed by atoms with van der Waals surface area (Å²) < 4.78 is 0. The van der Waals surface area contributed by atoms with Crippen molar-refractivity contribution in [3.05, 3.63) is 12.2 Å². The van der Waals surface area contributed by atoms with Crippen LogP contribution in [-0.2, 0) is 9.59 Å². The fourth-order valence-corrected chi connectivity index (χ4v) is 2.04. The molecule has 106 valence electrons. The number of nitrogens with one attached hydrogen (secondary N) is 1. The van der Waals surface area contributed by atoms with Gasteiger partial charge in [0.25, 0.3) is 5.91 Å². The van der Waals surface area contributed by atoms with E-state index >= 15 is 0 Å². The highest BCUT2D eigenvalue weighted by atomic mass is 16.4. The van der Waals surface area contributed by atoms with Gasteiger partial charge in [-0.05, 0) is 25.9 Å². The summed E-state index contributed by atoms with van der Waals surface area (Å²) in [5, 5.41) is 10.5. The minimum Gasteiger partial charge on any atom is -0.478 e. The van der Waals surface area contributed by atoms with Crippen LogP contribution in [0.4, 0.5) is 4.79 Å². The molecule has 1 saturated heterocycles. The molecule has 0 bridgehead atoms. The molecule has 1 rings (SSSR count). The maximum Gasteiger partial charge on any atom is 0.328 e. The molecule has 2 N–H and O–H groups in total. The quantitative estimate of drug-likeness (QED) is 0.687. The van der Waals surface area contributed by atoms with E-state index in [0.717, 1.165) is 25.6 Å². The van der Waals surface area contributed by atoms with Crippen molar-refractivity contribution in [2.75, 3.05) is 33.7 Å². The Morgan fingerprint density at radius 1 is 1.42 bits per heavy atom. The van der Waals surface area contributed by atoms with Crippen LogP contribution >= 0.6 is 0 Å². The highest BCUT2D eigenvalue weighted by Crippen LogP contribution is 2.14. The molecule has 3 amide bonds. The predicted molar refractivity (Wildman–Crippen MR) is 68.5 cm³/mol. The molecule has 1 heterocycles. The number of hydrogen-bond acceptors (Lipinski definition) is 4. The molecule has 0 saturated carbocycles. The first kappa shape index (κ1) is 15.2. The van der Waals surface area contributed by atoms with Gasteiger partial charge in [-0.2, -0.15) is 0 Å². The Bertz CT molecular complexity index is 394. The lowest BCUT2D eigenvalue weighted by Gasteiger charge is -2.20. The number of urea groups is 1. The summed E-state index contributed by atoms with van der Waals surface area (Å²) in [5.74, 6) is -1.56. The van der Waals surface area contributed by atoms with Crippen LogP contribution in [0.15, 0.2) is 12.2 Å². The summed E-state index contributed by atoms with van der Waals surface area (Å²) in [7, 11) is 3.64. The molecule has 19 heavy (non-hydrogen) atoms. The lowest BCUT2D eigenvalue weighted by Crippen LogP contribution is -2.42. The van der Waals surface area contributed by atoms with Crippen LogP contribution in [0.25, 0.3) is 0 Å². The van der Waals surface area contributed by atoms with Crippen molar-refractivity contribution in [2.24, 2.45) is 5.92 Å². The Morgan fingerprint density at radius 2 is 2.11 bits per heavy atom. The first-order chi connectivity index (χ1) is 8.88. The number of likely N-dealkylation sites (tertiary alicyclic amines) is 1. The lowest BCUT2D eigenvalue weighted by atomic mass is 10.1. The predicted octanol–water partition coefficient (Wildman–Crippen LogP) is -0.253. The number of carbonyl (C=O) groups excluding carboxylic acids is 2. The second-order valence-corrected chi connectivity index (χ2v) is 4.76. The molecule has 0 aromatic heterocycles. The molecule has 0 aliphatic carbocycles. The summed E-state index contributed by atoms with van der Waals surface area (Å²) in [5.41, 5.74) is 0. The average Bonchev–Trinajstić information content (AvgIpc) is 2.72. The summed E-state index contributed by atoms with van der Waals surface area (Å²) in [4.78, 5) is 36.8. The Labute approximate surface area is 111 Å². The monoisotopic (exact) mass is 269 g/mol. The van der Waals surface area contributed by atoms with E-state index in [1.165, 1.54) is 4.90 Å². The smallest absolute Gasteiger partial charge is 0.328 e. The maximum atomic E-state index is 11.7. The minimum absolute atomic E-state index is 0.408. The lowest BCUT2D eigenvalue weighted by molar-refractivity contribution is -0.131. The molecule has 7 heteroatoms. The third-order valence-corrected chi connectivity index (χ3v) is 2.98. The highest BCUT2D eigenvalue weighted by molar-refractivity contribution is 6.02. The third-order valence-electron chi connectivity index (χ3n) is 2.98. The minimum atomic E-state index is -1.23. The van der Waals surface area contributed by atoms with Crippen LogP contribution in [0.2, 0.25) is 0 Å². The molecule has 1 atom stereocenters. The number of rotatable bonds is 4. The zero-order valence-corrected chi connectivity index (χ0v) is 11.1. The number of nitrogens with zero attached hydrogens (tertiary/aromatic N) is 2. The van der Waals surface area contributed by atoms with Crippen molar-refractivity contribution in [1.82, 2.24) is 15.1 Å². The fourth-order valence-electron chi connectivity index (χ4n) is 2.04. The van der Waals surface area contributed by atoms with E-state index < -0.39 is 17.9 Å². The van der Waals surface area contributed by atoms with Crippen molar-refractivity contribution in [3.63, 3.8) is 0 Å². The van der Waals surface area contributed by atoms with E-state index in [1.54, 1.807) is 7.05 Å². The molecule has 0 aromatic rings. The van der Waals surface area contributed by atoms with Crippen LogP contribution in [0, 0.1) is 5.92 Å². The third kappa shape index (κ3) is 5.52. The molecule has 1 unspecified atom stereocenters. The van der Waals surface area contributed by atoms with Crippen LogP contribution in [-0.4, -0.2) is 66.5 Å². The number of aliphatic carboxylic acids is 1. The molecule has 1 aliphatic rings. The molecule has 1 aliphatic heterocycles. The standard InChI is InChI=1S/C12H19N3O4/c1-14-6-5-9(7-14)8-15(2)12(19)13-10(16)3-4-11(17)18/h3-4,9H,5-8H2,1-2H3,(H,17,18)(H,13,16,19)/b4-3+. The van der Waals surface area contributed by atoms with Gasteiger partial charge in [0.05, 0.1) is 0 Å². The number of carbonyl (C=O) groups is 3. The Kier molecular flexibility index (Phi) is 5.50. The van der Waals surface area contributed by atoms with E-state index in [9.17, 15) is 14.4 Å². The van der Waals surface area contributed by atoms with E-state index in [4.69, 9.17) is 5.11 Å². The zero-order valence-electron chi connectivity index (χ0n) is 11.1. The number of imide groups is 1. The van der Waals surface area contributed by atoms with E-state index in [0.29, 0.717) is 18.5 Å². The Hall–Kier alpha value is -1.89. The SMILES string of the molecule is CN1CCC(CN(C)C(=O)NC(=O)/C=C/C(=O)O)C1. The zero-order chi connectivity index (χ0) is 14.4. The summed E-state index contributed by atoms with van der Waals surface area (Å²) in [6.45, 7) is 2.52. The van der Waals surface area contributed by atoms with Crippen molar-refractivity contribution in [1.29, 1.82) is 0 Å². The summed E-state index contributed by atoms with van der Waals surface area (Å²) in [6.07, 6.45) is 2.53. The van der Waals surface area contributed by atoms with Crippen LogP contribution < -0.4 is 5.32 Å². The van der Waals surface area contributed by atoms with E-state index in [1.807, 2.05) is 7.05 Å². The van der Waals surface area contributed by atoms with E-state index in [2.05, 4.69) is 10.2 Å². The Balaban J connectivity index is 2.36. The second kappa shape index (κ2) is 6.89. The van der Waals surface area contributed by atoms with Crippen LogP contribution in [0.1, 0.15) is 6.42 Å². The highest BCUT2D eigenvalue weighted by Gasteiger charge is 2.22. The van der Waals surface area contributed by atoms with Crippen molar-refractivity contribution in [3.8, 4) is 0 Å². The summed E-state index contributed by atoms with van der Waals surface area (Å²) in [6, 6.07) is -0.519. The summed E-state index contributed by atoms with van der Waals surface area (Å²) >= 11 is 0. The molecule has 7 nitrogen and oxygen atoms in total. The van der Waals surface area contributed by atoms with E-state index in [-0.39, 0.29) is 0 Å². The van der Waals surface area contributed by atoms with Gasteiger partial charge < -0.3 is 14.9 Å². The topological polar surface area (TPSA) is 90.0 Å². The van der Waals surface area contributed by atoms with Gasteiger partial charge in [0.2, 0.25) is 0 Å².